The lowest BCUT2D eigenvalue weighted by Crippen LogP contribution is -2.34. The van der Waals surface area contributed by atoms with Crippen molar-refractivity contribution >= 4 is 17.5 Å². The number of benzene rings is 1. The second-order valence-corrected chi connectivity index (χ2v) is 5.43. The van der Waals surface area contributed by atoms with E-state index < -0.39 is 12.1 Å². The Morgan fingerprint density at radius 2 is 1.83 bits per heavy atom. The van der Waals surface area contributed by atoms with Gasteiger partial charge in [-0.3, -0.25) is 9.59 Å². The first-order chi connectivity index (χ1) is 11.1. The van der Waals surface area contributed by atoms with Crippen molar-refractivity contribution in [1.82, 2.24) is 0 Å². The lowest BCUT2D eigenvalue weighted by Gasteiger charge is -2.30. The number of rotatable bonds is 3. The van der Waals surface area contributed by atoms with Gasteiger partial charge in [-0.15, -0.1) is 0 Å². The molecule has 1 heterocycles. The summed E-state index contributed by atoms with van der Waals surface area (Å²) in [4.78, 5) is 37.3. The number of carbonyl (C=O) groups excluding carboxylic acids is 3. The van der Waals surface area contributed by atoms with Gasteiger partial charge in [0.25, 0.3) is 0 Å². The summed E-state index contributed by atoms with van der Waals surface area (Å²) in [6.07, 6.45) is 2.00. The van der Waals surface area contributed by atoms with Crippen LogP contribution in [0.5, 0.6) is 0 Å². The predicted octanol–water partition coefficient (Wildman–Crippen LogP) is 2.62. The maximum atomic E-state index is 12.8. The molecule has 1 aliphatic heterocycles. The van der Waals surface area contributed by atoms with Crippen molar-refractivity contribution in [1.29, 1.82) is 0 Å². The third-order valence-corrected chi connectivity index (χ3v) is 4.00. The number of ether oxygens (including phenoxy) is 2. The molecule has 1 aromatic rings. The van der Waals surface area contributed by atoms with Gasteiger partial charge in [-0.2, -0.15) is 0 Å². The van der Waals surface area contributed by atoms with E-state index in [0.29, 0.717) is 23.1 Å². The topological polar surface area (TPSA) is 69.7 Å². The third-order valence-electron chi connectivity index (χ3n) is 4.00. The minimum Gasteiger partial charge on any atom is -0.478 e. The lowest BCUT2D eigenvalue weighted by molar-refractivity contribution is -0.141. The van der Waals surface area contributed by atoms with Crippen LogP contribution < -0.4 is 0 Å². The number of carbonyl (C=O) groups is 3. The highest BCUT2D eigenvalue weighted by molar-refractivity contribution is 6.28. The zero-order valence-electron chi connectivity index (χ0n) is 12.9. The van der Waals surface area contributed by atoms with Crippen LogP contribution in [0.3, 0.4) is 0 Å². The molecule has 2 aliphatic rings. The average Bonchev–Trinajstić information content (AvgIpc) is 2.58. The summed E-state index contributed by atoms with van der Waals surface area (Å²) in [6.45, 7) is 1.95. The Bertz CT molecular complexity index is 769. The second-order valence-electron chi connectivity index (χ2n) is 5.43. The summed E-state index contributed by atoms with van der Waals surface area (Å²) in [5, 5.41) is 0. The van der Waals surface area contributed by atoms with Crippen molar-refractivity contribution < 1.29 is 23.9 Å². The van der Waals surface area contributed by atoms with Gasteiger partial charge in [0.1, 0.15) is 6.10 Å². The van der Waals surface area contributed by atoms with Crippen molar-refractivity contribution in [3.63, 3.8) is 0 Å². The SMILES string of the molecule is CCCC1OC(C(=O)OC)=CC2=C1C(=O)c1ccccc1C2=O. The monoisotopic (exact) mass is 312 g/mol. The number of fused-ring (bicyclic) bond motifs is 1. The average molecular weight is 312 g/mol. The minimum absolute atomic E-state index is 0.0368. The zero-order chi connectivity index (χ0) is 16.6. The number of ketones is 2. The van der Waals surface area contributed by atoms with E-state index in [0.717, 1.165) is 6.42 Å². The molecule has 0 spiro atoms. The van der Waals surface area contributed by atoms with Crippen LogP contribution in [0.1, 0.15) is 40.5 Å². The van der Waals surface area contributed by atoms with Crippen molar-refractivity contribution in [3.8, 4) is 0 Å². The minimum atomic E-state index is -0.656. The first-order valence-corrected chi connectivity index (χ1v) is 7.47. The van der Waals surface area contributed by atoms with Gasteiger partial charge in [-0.25, -0.2) is 4.79 Å². The van der Waals surface area contributed by atoms with Crippen LogP contribution in [-0.4, -0.2) is 30.7 Å². The van der Waals surface area contributed by atoms with E-state index in [1.807, 2.05) is 6.92 Å². The van der Waals surface area contributed by atoms with E-state index in [-0.39, 0.29) is 22.9 Å². The zero-order valence-corrected chi connectivity index (χ0v) is 12.9. The number of hydrogen-bond donors (Lipinski definition) is 0. The molecule has 1 aromatic carbocycles. The fourth-order valence-corrected chi connectivity index (χ4v) is 2.93. The number of Topliss-reactive ketones (excluding diaryl/α,β-unsaturated/α-hetero) is 2. The molecule has 118 valence electrons. The molecule has 0 amide bonds. The van der Waals surface area contributed by atoms with Gasteiger partial charge in [0, 0.05) is 16.7 Å². The Hall–Kier alpha value is -2.69. The van der Waals surface area contributed by atoms with Crippen LogP contribution in [0.2, 0.25) is 0 Å². The van der Waals surface area contributed by atoms with E-state index in [2.05, 4.69) is 4.74 Å². The molecule has 0 bridgehead atoms. The molecule has 5 heteroatoms. The van der Waals surface area contributed by atoms with Crippen molar-refractivity contribution in [3.05, 3.63) is 58.4 Å². The summed E-state index contributed by atoms with van der Waals surface area (Å²) in [7, 11) is 1.24. The number of methoxy groups -OCH3 is 1. The second kappa shape index (κ2) is 5.83. The number of allylic oxidation sites excluding steroid dienone is 2. The third kappa shape index (κ3) is 2.38. The Kier molecular flexibility index (Phi) is 3.86. The van der Waals surface area contributed by atoms with Gasteiger partial charge < -0.3 is 9.47 Å². The Morgan fingerprint density at radius 1 is 1.17 bits per heavy atom. The molecule has 0 N–H and O–H groups in total. The first kappa shape index (κ1) is 15.2. The molecular formula is C18H16O5. The summed E-state index contributed by atoms with van der Waals surface area (Å²) in [6, 6.07) is 6.70. The lowest BCUT2D eigenvalue weighted by atomic mass is 9.79. The number of hydrogen-bond acceptors (Lipinski definition) is 5. The van der Waals surface area contributed by atoms with Gasteiger partial charge in [0.05, 0.1) is 12.7 Å². The molecule has 1 atom stereocenters. The molecule has 1 aliphatic carbocycles. The predicted molar refractivity (Wildman–Crippen MR) is 82.0 cm³/mol. The summed E-state index contributed by atoms with van der Waals surface area (Å²) in [5.74, 6) is -1.17. The normalized spacial score (nSPS) is 19.6. The van der Waals surface area contributed by atoms with Crippen LogP contribution in [0, 0.1) is 0 Å². The van der Waals surface area contributed by atoms with E-state index in [4.69, 9.17) is 4.74 Å². The van der Waals surface area contributed by atoms with Crippen molar-refractivity contribution in [2.24, 2.45) is 0 Å². The highest BCUT2D eigenvalue weighted by Crippen LogP contribution is 2.35. The fourth-order valence-electron chi connectivity index (χ4n) is 2.93. The van der Waals surface area contributed by atoms with Crippen LogP contribution in [0.25, 0.3) is 0 Å². The molecule has 0 saturated carbocycles. The highest BCUT2D eigenvalue weighted by Gasteiger charge is 2.39. The molecule has 5 nitrogen and oxygen atoms in total. The molecule has 0 saturated heterocycles. The summed E-state index contributed by atoms with van der Waals surface area (Å²) >= 11 is 0. The van der Waals surface area contributed by atoms with Crippen LogP contribution in [0.4, 0.5) is 0 Å². The van der Waals surface area contributed by atoms with E-state index in [9.17, 15) is 14.4 Å². The maximum Gasteiger partial charge on any atom is 0.373 e. The summed E-state index contributed by atoms with van der Waals surface area (Å²) < 4.78 is 10.3. The molecule has 0 fully saturated rings. The molecule has 1 unspecified atom stereocenters. The first-order valence-electron chi connectivity index (χ1n) is 7.47. The van der Waals surface area contributed by atoms with Crippen molar-refractivity contribution in [2.75, 3.05) is 7.11 Å². The van der Waals surface area contributed by atoms with E-state index in [1.54, 1.807) is 24.3 Å². The molecular weight excluding hydrogens is 296 g/mol. The van der Waals surface area contributed by atoms with Crippen LogP contribution in [-0.2, 0) is 14.3 Å². The summed E-state index contributed by atoms with van der Waals surface area (Å²) in [5.41, 5.74) is 1.31. The van der Waals surface area contributed by atoms with Gasteiger partial charge >= 0.3 is 5.97 Å². The van der Waals surface area contributed by atoms with Crippen LogP contribution >= 0.6 is 0 Å². The molecule has 0 radical (unpaired) electrons. The highest BCUT2D eigenvalue weighted by atomic mass is 16.6. The molecule has 23 heavy (non-hydrogen) atoms. The van der Waals surface area contributed by atoms with Gasteiger partial charge in [0.2, 0.25) is 5.76 Å². The van der Waals surface area contributed by atoms with Crippen molar-refractivity contribution in [2.45, 2.75) is 25.9 Å². The van der Waals surface area contributed by atoms with E-state index >= 15 is 0 Å². The van der Waals surface area contributed by atoms with E-state index in [1.165, 1.54) is 13.2 Å². The van der Waals surface area contributed by atoms with Gasteiger partial charge in [-0.05, 0) is 12.5 Å². The maximum absolute atomic E-state index is 12.8. The smallest absolute Gasteiger partial charge is 0.373 e. The fraction of sp³-hybridized carbons (Fsp3) is 0.278. The van der Waals surface area contributed by atoms with Gasteiger partial charge in [-0.1, -0.05) is 37.6 Å². The molecule has 3 rings (SSSR count). The Morgan fingerprint density at radius 3 is 2.43 bits per heavy atom. The quantitative estimate of drug-likeness (QED) is 0.802. The standard InChI is InChI=1S/C18H16O5/c1-3-6-13-15-12(9-14(23-13)18(21)22-2)16(19)10-7-4-5-8-11(10)17(15)20/h4-5,7-9,13H,3,6H2,1-2H3. The Balaban J connectivity index is 2.17. The Labute approximate surface area is 133 Å². The molecule has 0 aromatic heterocycles. The largest absolute Gasteiger partial charge is 0.478 e. The number of esters is 1. The van der Waals surface area contributed by atoms with Crippen LogP contribution in [0.15, 0.2) is 47.2 Å². The van der Waals surface area contributed by atoms with Gasteiger partial charge in [0.15, 0.2) is 11.6 Å².